The molecule has 0 atom stereocenters. The Morgan fingerprint density at radius 3 is 2.44 bits per heavy atom. The van der Waals surface area contributed by atoms with Crippen LogP contribution in [0, 0.1) is 13.8 Å². The highest BCUT2D eigenvalue weighted by Crippen LogP contribution is 2.14. The van der Waals surface area contributed by atoms with Gasteiger partial charge in [-0.05, 0) is 42.7 Å². The Morgan fingerprint density at radius 1 is 1.07 bits per heavy atom. The largest absolute Gasteiger partial charge is 0.339 e. The Morgan fingerprint density at radius 2 is 1.78 bits per heavy atom. The van der Waals surface area contributed by atoms with Crippen molar-refractivity contribution < 1.29 is 9.59 Å². The van der Waals surface area contributed by atoms with Gasteiger partial charge in [0.15, 0.2) is 0 Å². The number of nitrogens with zero attached hydrogens (tertiary/aromatic N) is 3. The van der Waals surface area contributed by atoms with Crippen LogP contribution in [0.1, 0.15) is 27.0 Å². The molecular formula is C21H26N4O2. The molecule has 0 spiro atoms. The summed E-state index contributed by atoms with van der Waals surface area (Å²) in [6, 6.07) is 9.52. The summed E-state index contributed by atoms with van der Waals surface area (Å²) in [6.45, 7) is 7.54. The maximum absolute atomic E-state index is 13.0. The number of aromatic nitrogens is 1. The minimum absolute atomic E-state index is 0.0114. The van der Waals surface area contributed by atoms with E-state index in [4.69, 9.17) is 0 Å². The average molecular weight is 366 g/mol. The predicted octanol–water partition coefficient (Wildman–Crippen LogP) is 1.77. The average Bonchev–Trinajstić information content (AvgIpc) is 2.71. The fourth-order valence-electron chi connectivity index (χ4n) is 3.18. The third-order valence-electron chi connectivity index (χ3n) is 4.96. The van der Waals surface area contributed by atoms with Gasteiger partial charge in [0.05, 0.1) is 0 Å². The van der Waals surface area contributed by atoms with Crippen molar-refractivity contribution in [3.05, 3.63) is 65.0 Å². The molecule has 142 valence electrons. The molecule has 0 saturated carbocycles. The maximum Gasteiger partial charge on any atom is 0.254 e. The summed E-state index contributed by atoms with van der Waals surface area (Å²) in [5, 5.41) is 3.24. The number of nitrogens with one attached hydrogen (secondary N) is 1. The zero-order chi connectivity index (χ0) is 19.2. The van der Waals surface area contributed by atoms with Crippen molar-refractivity contribution in [2.45, 2.75) is 20.4 Å². The molecule has 1 saturated heterocycles. The number of rotatable bonds is 5. The van der Waals surface area contributed by atoms with Gasteiger partial charge in [0, 0.05) is 50.7 Å². The van der Waals surface area contributed by atoms with Crippen LogP contribution in [0.3, 0.4) is 0 Å². The van der Waals surface area contributed by atoms with Crippen molar-refractivity contribution in [3.8, 4) is 0 Å². The number of hydrogen-bond donors (Lipinski definition) is 1. The lowest BCUT2D eigenvalue weighted by Crippen LogP contribution is -2.50. The standard InChI is InChI=1S/C21H26N4O2/c1-16-3-4-18(13-17(16)2)14-25(21(27)19-5-7-22-8-6-19)15-20(26)24-11-9-23-10-12-24/h3-8,13,23H,9-12,14-15H2,1-2H3. The molecule has 0 unspecified atom stereocenters. The van der Waals surface area contributed by atoms with Crippen LogP contribution >= 0.6 is 0 Å². The molecule has 0 radical (unpaired) electrons. The lowest BCUT2D eigenvalue weighted by atomic mass is 10.1. The molecular weight excluding hydrogens is 340 g/mol. The number of carbonyl (C=O) groups is 2. The summed E-state index contributed by atoms with van der Waals surface area (Å²) in [6.07, 6.45) is 3.19. The van der Waals surface area contributed by atoms with Gasteiger partial charge in [-0.25, -0.2) is 0 Å². The van der Waals surface area contributed by atoms with E-state index in [1.807, 2.05) is 11.0 Å². The zero-order valence-electron chi connectivity index (χ0n) is 15.9. The molecule has 6 nitrogen and oxygen atoms in total. The molecule has 2 heterocycles. The Bertz CT molecular complexity index is 801. The molecule has 1 aliphatic rings. The number of carbonyl (C=O) groups excluding carboxylic acids is 2. The van der Waals surface area contributed by atoms with Crippen LogP contribution in [0.15, 0.2) is 42.7 Å². The Kier molecular flexibility index (Phi) is 6.19. The quantitative estimate of drug-likeness (QED) is 0.876. The van der Waals surface area contributed by atoms with Crippen molar-refractivity contribution in [2.75, 3.05) is 32.7 Å². The highest BCUT2D eigenvalue weighted by molar-refractivity contribution is 5.96. The fraction of sp³-hybridized carbons (Fsp3) is 0.381. The van der Waals surface area contributed by atoms with Gasteiger partial charge in [-0.1, -0.05) is 18.2 Å². The van der Waals surface area contributed by atoms with Gasteiger partial charge < -0.3 is 15.1 Å². The highest BCUT2D eigenvalue weighted by Gasteiger charge is 2.23. The minimum atomic E-state index is -0.154. The first kappa shape index (κ1) is 19.0. The van der Waals surface area contributed by atoms with Gasteiger partial charge >= 0.3 is 0 Å². The van der Waals surface area contributed by atoms with Crippen LogP contribution in [-0.2, 0) is 11.3 Å². The van der Waals surface area contributed by atoms with E-state index in [-0.39, 0.29) is 18.4 Å². The molecule has 1 N–H and O–H groups in total. The molecule has 1 aromatic carbocycles. The van der Waals surface area contributed by atoms with Gasteiger partial charge in [0.1, 0.15) is 6.54 Å². The van der Waals surface area contributed by atoms with Crippen molar-refractivity contribution in [1.29, 1.82) is 0 Å². The third-order valence-corrected chi connectivity index (χ3v) is 4.96. The Hall–Kier alpha value is -2.73. The normalized spacial score (nSPS) is 14.1. The first-order valence-electron chi connectivity index (χ1n) is 9.28. The van der Waals surface area contributed by atoms with E-state index in [1.165, 1.54) is 11.1 Å². The first-order valence-corrected chi connectivity index (χ1v) is 9.28. The number of amides is 2. The fourth-order valence-corrected chi connectivity index (χ4v) is 3.18. The second-order valence-corrected chi connectivity index (χ2v) is 6.95. The number of piperazine rings is 1. The van der Waals surface area contributed by atoms with Crippen LogP contribution < -0.4 is 5.32 Å². The van der Waals surface area contributed by atoms with Crippen LogP contribution in [-0.4, -0.2) is 59.3 Å². The van der Waals surface area contributed by atoms with Crippen LogP contribution in [0.25, 0.3) is 0 Å². The number of benzene rings is 1. The summed E-state index contributed by atoms with van der Waals surface area (Å²) in [5.41, 5.74) is 3.95. The molecule has 1 fully saturated rings. The predicted molar refractivity (Wildman–Crippen MR) is 104 cm³/mol. The summed E-state index contributed by atoms with van der Waals surface area (Å²) < 4.78 is 0. The first-order chi connectivity index (χ1) is 13.0. The molecule has 0 bridgehead atoms. The van der Waals surface area contributed by atoms with E-state index in [0.29, 0.717) is 25.2 Å². The summed E-state index contributed by atoms with van der Waals surface area (Å²) in [5.74, 6) is -0.165. The SMILES string of the molecule is Cc1ccc(CN(CC(=O)N2CCNCC2)C(=O)c2ccncc2)cc1C. The lowest BCUT2D eigenvalue weighted by molar-refractivity contribution is -0.132. The molecule has 2 aromatic rings. The van der Waals surface area contributed by atoms with E-state index in [9.17, 15) is 9.59 Å². The van der Waals surface area contributed by atoms with Gasteiger partial charge in [-0.3, -0.25) is 14.6 Å². The smallest absolute Gasteiger partial charge is 0.254 e. The summed E-state index contributed by atoms with van der Waals surface area (Å²) in [4.78, 5) is 33.2. The monoisotopic (exact) mass is 366 g/mol. The van der Waals surface area contributed by atoms with Crippen molar-refractivity contribution >= 4 is 11.8 Å². The van der Waals surface area contributed by atoms with E-state index in [2.05, 4.69) is 36.3 Å². The van der Waals surface area contributed by atoms with Crippen LogP contribution in [0.5, 0.6) is 0 Å². The number of hydrogen-bond acceptors (Lipinski definition) is 4. The van der Waals surface area contributed by atoms with Crippen LogP contribution in [0.4, 0.5) is 0 Å². The summed E-state index contributed by atoms with van der Waals surface area (Å²) in [7, 11) is 0. The molecule has 3 rings (SSSR count). The zero-order valence-corrected chi connectivity index (χ0v) is 15.9. The Labute approximate surface area is 160 Å². The lowest BCUT2D eigenvalue weighted by Gasteiger charge is -2.30. The van der Waals surface area contributed by atoms with E-state index < -0.39 is 0 Å². The molecule has 2 amide bonds. The van der Waals surface area contributed by atoms with Crippen molar-refractivity contribution in [2.24, 2.45) is 0 Å². The van der Waals surface area contributed by atoms with Gasteiger partial charge in [0.25, 0.3) is 5.91 Å². The second-order valence-electron chi connectivity index (χ2n) is 6.95. The maximum atomic E-state index is 13.0. The molecule has 27 heavy (non-hydrogen) atoms. The minimum Gasteiger partial charge on any atom is -0.339 e. The molecule has 6 heteroatoms. The number of pyridine rings is 1. The van der Waals surface area contributed by atoms with Gasteiger partial charge in [-0.15, -0.1) is 0 Å². The second kappa shape index (κ2) is 8.77. The molecule has 1 aliphatic heterocycles. The van der Waals surface area contributed by atoms with Crippen LogP contribution in [0.2, 0.25) is 0 Å². The van der Waals surface area contributed by atoms with Gasteiger partial charge in [0.2, 0.25) is 5.91 Å². The molecule has 1 aromatic heterocycles. The molecule has 0 aliphatic carbocycles. The van der Waals surface area contributed by atoms with E-state index in [1.54, 1.807) is 29.4 Å². The topological polar surface area (TPSA) is 65.5 Å². The number of aryl methyl sites for hydroxylation is 2. The third kappa shape index (κ3) is 4.92. The van der Waals surface area contributed by atoms with E-state index >= 15 is 0 Å². The van der Waals surface area contributed by atoms with Crippen molar-refractivity contribution in [1.82, 2.24) is 20.1 Å². The highest BCUT2D eigenvalue weighted by atomic mass is 16.2. The summed E-state index contributed by atoms with van der Waals surface area (Å²) >= 11 is 0. The van der Waals surface area contributed by atoms with Gasteiger partial charge in [-0.2, -0.15) is 0 Å². The Balaban J connectivity index is 1.80. The van der Waals surface area contributed by atoms with E-state index in [0.717, 1.165) is 18.7 Å². The van der Waals surface area contributed by atoms with Crippen molar-refractivity contribution in [3.63, 3.8) is 0 Å².